The second kappa shape index (κ2) is 10.1. The van der Waals surface area contributed by atoms with Crippen molar-refractivity contribution in [3.63, 3.8) is 0 Å². The van der Waals surface area contributed by atoms with Gasteiger partial charge in [0.15, 0.2) is 0 Å². The van der Waals surface area contributed by atoms with Crippen molar-refractivity contribution in [2.24, 2.45) is 0 Å². The average molecular weight is 448 g/mol. The summed E-state index contributed by atoms with van der Waals surface area (Å²) in [4.78, 5) is 25.2. The zero-order chi connectivity index (χ0) is 23.4. The standard InChI is InChI=1S/C26H33N5O2/c1-17-9-11-22(18(2)15-17)19(3)27-25(32)13-14-31-24-12-10-20(16-23(24)29-30-31)26(33)28-21-7-5-4-6-8-21/h9-12,15-16,19,21H,4-8,13-14H2,1-3H3,(H,27,32)(H,28,33)/t19-/m1/s1. The fraction of sp³-hybridized carbons (Fsp3) is 0.462. The van der Waals surface area contributed by atoms with E-state index >= 15 is 0 Å². The van der Waals surface area contributed by atoms with Crippen LogP contribution in [0, 0.1) is 13.8 Å². The first-order chi connectivity index (χ1) is 15.9. The normalized spacial score (nSPS) is 15.4. The molecule has 2 N–H and O–H groups in total. The number of aryl methyl sites for hydroxylation is 3. The molecule has 0 bridgehead atoms. The van der Waals surface area contributed by atoms with E-state index in [2.05, 4.69) is 53.0 Å². The lowest BCUT2D eigenvalue weighted by Gasteiger charge is -2.22. The van der Waals surface area contributed by atoms with Gasteiger partial charge in [0.1, 0.15) is 5.52 Å². The van der Waals surface area contributed by atoms with E-state index in [1.54, 1.807) is 10.7 Å². The molecule has 0 spiro atoms. The van der Waals surface area contributed by atoms with Crippen molar-refractivity contribution in [1.29, 1.82) is 0 Å². The zero-order valence-corrected chi connectivity index (χ0v) is 19.7. The summed E-state index contributed by atoms with van der Waals surface area (Å²) in [6, 6.07) is 11.9. The maximum absolute atomic E-state index is 12.6. The highest BCUT2D eigenvalue weighted by molar-refractivity contribution is 5.97. The quantitative estimate of drug-likeness (QED) is 0.563. The Kier molecular flexibility index (Phi) is 7.06. The Hall–Kier alpha value is -3.22. The number of hydrogen-bond acceptors (Lipinski definition) is 4. The van der Waals surface area contributed by atoms with Gasteiger partial charge in [-0.05, 0) is 62.9 Å². The highest BCUT2D eigenvalue weighted by Gasteiger charge is 2.18. The van der Waals surface area contributed by atoms with Gasteiger partial charge in [0, 0.05) is 18.0 Å². The van der Waals surface area contributed by atoms with Crippen molar-refractivity contribution >= 4 is 22.8 Å². The van der Waals surface area contributed by atoms with Gasteiger partial charge in [0.2, 0.25) is 5.91 Å². The Labute approximate surface area is 194 Å². The minimum Gasteiger partial charge on any atom is -0.350 e. The van der Waals surface area contributed by atoms with Crippen LogP contribution in [0.5, 0.6) is 0 Å². The first-order valence-electron chi connectivity index (χ1n) is 11.9. The number of carbonyl (C=O) groups excluding carboxylic acids is 2. The summed E-state index contributed by atoms with van der Waals surface area (Å²) in [7, 11) is 0. The smallest absolute Gasteiger partial charge is 0.251 e. The van der Waals surface area contributed by atoms with Gasteiger partial charge >= 0.3 is 0 Å². The highest BCUT2D eigenvalue weighted by Crippen LogP contribution is 2.20. The molecule has 2 amide bonds. The molecule has 1 aliphatic carbocycles. The number of amides is 2. The van der Waals surface area contributed by atoms with E-state index in [1.807, 2.05) is 19.1 Å². The van der Waals surface area contributed by atoms with Gasteiger partial charge in [-0.15, -0.1) is 5.10 Å². The molecular formula is C26H33N5O2. The summed E-state index contributed by atoms with van der Waals surface area (Å²) < 4.78 is 1.72. The van der Waals surface area contributed by atoms with Crippen LogP contribution in [0.3, 0.4) is 0 Å². The Morgan fingerprint density at radius 1 is 1.09 bits per heavy atom. The summed E-state index contributed by atoms with van der Waals surface area (Å²) in [6.07, 6.45) is 6.01. The van der Waals surface area contributed by atoms with Gasteiger partial charge in [-0.1, -0.05) is 48.2 Å². The van der Waals surface area contributed by atoms with Crippen LogP contribution >= 0.6 is 0 Å². The molecule has 7 heteroatoms. The molecule has 1 fully saturated rings. The fourth-order valence-electron chi connectivity index (χ4n) is 4.70. The average Bonchev–Trinajstić information content (AvgIpc) is 3.20. The molecule has 1 heterocycles. The van der Waals surface area contributed by atoms with Crippen LogP contribution in [-0.2, 0) is 11.3 Å². The summed E-state index contributed by atoms with van der Waals surface area (Å²) in [6.45, 7) is 6.56. The summed E-state index contributed by atoms with van der Waals surface area (Å²) >= 11 is 0. The molecule has 2 aromatic carbocycles. The van der Waals surface area contributed by atoms with E-state index in [-0.39, 0.29) is 23.9 Å². The molecule has 3 aromatic rings. The number of hydrogen-bond donors (Lipinski definition) is 2. The van der Waals surface area contributed by atoms with Gasteiger partial charge in [0.05, 0.1) is 18.1 Å². The van der Waals surface area contributed by atoms with Crippen molar-refractivity contribution in [3.05, 3.63) is 58.7 Å². The van der Waals surface area contributed by atoms with Crippen molar-refractivity contribution in [3.8, 4) is 0 Å². The largest absolute Gasteiger partial charge is 0.350 e. The molecule has 174 valence electrons. The summed E-state index contributed by atoms with van der Waals surface area (Å²) in [5.74, 6) is -0.0901. The zero-order valence-electron chi connectivity index (χ0n) is 19.7. The SMILES string of the molecule is Cc1ccc([C@@H](C)NC(=O)CCn2nnc3cc(C(=O)NC4CCCCC4)ccc32)c(C)c1. The minimum absolute atomic E-state index is 0.0328. The van der Waals surface area contributed by atoms with Crippen LogP contribution in [0.2, 0.25) is 0 Å². The molecular weight excluding hydrogens is 414 g/mol. The third-order valence-electron chi connectivity index (χ3n) is 6.54. The molecule has 1 aliphatic rings. The van der Waals surface area contributed by atoms with Crippen molar-refractivity contribution in [2.45, 2.75) is 77.9 Å². The maximum atomic E-state index is 12.6. The topological polar surface area (TPSA) is 88.9 Å². The van der Waals surface area contributed by atoms with Crippen molar-refractivity contribution in [1.82, 2.24) is 25.6 Å². The molecule has 0 radical (unpaired) electrons. The molecule has 0 saturated heterocycles. The summed E-state index contributed by atoms with van der Waals surface area (Å²) in [5, 5.41) is 14.6. The van der Waals surface area contributed by atoms with Crippen LogP contribution in [0.1, 0.15) is 78.5 Å². The van der Waals surface area contributed by atoms with Gasteiger partial charge in [-0.25, -0.2) is 4.68 Å². The molecule has 33 heavy (non-hydrogen) atoms. The Balaban J connectivity index is 1.35. The van der Waals surface area contributed by atoms with E-state index in [0.29, 0.717) is 24.0 Å². The molecule has 4 rings (SSSR count). The monoisotopic (exact) mass is 447 g/mol. The van der Waals surface area contributed by atoms with Crippen molar-refractivity contribution in [2.75, 3.05) is 0 Å². The van der Waals surface area contributed by atoms with Crippen LogP contribution < -0.4 is 10.6 Å². The lowest BCUT2D eigenvalue weighted by Crippen LogP contribution is -2.36. The number of rotatable bonds is 7. The van der Waals surface area contributed by atoms with Gasteiger partial charge in [0.25, 0.3) is 5.91 Å². The van der Waals surface area contributed by atoms with E-state index in [4.69, 9.17) is 0 Å². The lowest BCUT2D eigenvalue weighted by molar-refractivity contribution is -0.122. The Bertz CT molecular complexity index is 1150. The molecule has 1 atom stereocenters. The summed E-state index contributed by atoms with van der Waals surface area (Å²) in [5.41, 5.74) is 5.59. The lowest BCUT2D eigenvalue weighted by atomic mass is 9.95. The predicted octanol–water partition coefficient (Wildman–Crippen LogP) is 4.38. The van der Waals surface area contributed by atoms with Crippen LogP contribution in [0.15, 0.2) is 36.4 Å². The van der Waals surface area contributed by atoms with Crippen LogP contribution in [-0.4, -0.2) is 32.9 Å². The maximum Gasteiger partial charge on any atom is 0.251 e. The van der Waals surface area contributed by atoms with E-state index < -0.39 is 0 Å². The number of nitrogens with zero attached hydrogens (tertiary/aromatic N) is 3. The first kappa shape index (κ1) is 23.0. The van der Waals surface area contributed by atoms with Gasteiger partial charge in [-0.2, -0.15) is 0 Å². The molecule has 0 aliphatic heterocycles. The fourth-order valence-corrected chi connectivity index (χ4v) is 4.70. The third-order valence-corrected chi connectivity index (χ3v) is 6.54. The van der Waals surface area contributed by atoms with E-state index in [0.717, 1.165) is 23.9 Å². The number of carbonyl (C=O) groups is 2. The second-order valence-electron chi connectivity index (χ2n) is 9.22. The first-order valence-corrected chi connectivity index (χ1v) is 11.9. The highest BCUT2D eigenvalue weighted by atomic mass is 16.2. The van der Waals surface area contributed by atoms with Gasteiger partial charge < -0.3 is 10.6 Å². The number of fused-ring (bicyclic) bond motifs is 1. The Morgan fingerprint density at radius 2 is 1.88 bits per heavy atom. The number of benzene rings is 2. The Morgan fingerprint density at radius 3 is 2.64 bits per heavy atom. The molecule has 7 nitrogen and oxygen atoms in total. The molecule has 0 unspecified atom stereocenters. The number of aromatic nitrogens is 3. The van der Waals surface area contributed by atoms with E-state index in [1.165, 1.54) is 30.4 Å². The van der Waals surface area contributed by atoms with Crippen LogP contribution in [0.25, 0.3) is 11.0 Å². The minimum atomic E-state index is -0.0594. The molecule has 1 saturated carbocycles. The second-order valence-corrected chi connectivity index (χ2v) is 9.22. The van der Waals surface area contributed by atoms with Gasteiger partial charge in [-0.3, -0.25) is 9.59 Å². The number of nitrogens with one attached hydrogen (secondary N) is 2. The predicted molar refractivity (Wildman–Crippen MR) is 129 cm³/mol. The van der Waals surface area contributed by atoms with Crippen molar-refractivity contribution < 1.29 is 9.59 Å². The molecule has 1 aromatic heterocycles. The van der Waals surface area contributed by atoms with E-state index in [9.17, 15) is 9.59 Å². The third kappa shape index (κ3) is 5.59. The van der Waals surface area contributed by atoms with Crippen LogP contribution in [0.4, 0.5) is 0 Å².